The van der Waals surface area contributed by atoms with Gasteiger partial charge < -0.3 is 64.1 Å². The first-order chi connectivity index (χ1) is 52.7. The fourth-order valence-corrected chi connectivity index (χ4v) is 16.1. The van der Waals surface area contributed by atoms with Crippen LogP contribution in [0.1, 0.15) is 80.8 Å². The molecule has 6 aliphatic rings. The molecule has 0 saturated carbocycles. The number of benzene rings is 6. The van der Waals surface area contributed by atoms with Gasteiger partial charge in [-0.2, -0.15) is 0 Å². The molecule has 572 valence electrons. The number of phenolic OH excluding ortho intramolecular Hbond substituents is 2. The molecule has 7 amide bonds. The van der Waals surface area contributed by atoms with Crippen LogP contribution in [0.2, 0.25) is 0 Å². The number of carbonyl (C=O) groups is 8. The van der Waals surface area contributed by atoms with Crippen molar-refractivity contribution in [1.29, 1.82) is 0 Å². The monoisotopic (exact) mass is 1480 g/mol. The van der Waals surface area contributed by atoms with E-state index in [1.165, 1.54) is 44.9 Å². The number of carbonyl (C=O) groups excluding carboxylic acids is 7. The van der Waals surface area contributed by atoms with E-state index in [1.54, 1.807) is 118 Å². The highest BCUT2D eigenvalue weighted by molar-refractivity contribution is 6.08. The van der Waals surface area contributed by atoms with E-state index in [0.29, 0.717) is 42.4 Å². The Morgan fingerprint density at radius 1 is 0.505 bits per heavy atom. The maximum absolute atomic E-state index is 14.7. The summed E-state index contributed by atoms with van der Waals surface area (Å²) in [6.45, 7) is 23.1. The molecule has 0 aliphatic carbocycles. The number of aromatic hydroxyl groups is 2. The molecule has 4 atom stereocenters. The van der Waals surface area contributed by atoms with Gasteiger partial charge in [-0.3, -0.25) is 33.6 Å². The highest BCUT2D eigenvalue weighted by Crippen LogP contribution is 2.36. The van der Waals surface area contributed by atoms with Gasteiger partial charge in [-0.1, -0.05) is 147 Å². The zero-order chi connectivity index (χ0) is 77.0. The summed E-state index contributed by atoms with van der Waals surface area (Å²) in [6.07, 6.45) is 7.11. The molecule has 6 saturated heterocycles. The second-order valence-corrected chi connectivity index (χ2v) is 28.6. The number of hydrogen-bond acceptors (Lipinski definition) is 15. The molecular weight excluding hydrogens is 1380 g/mol. The smallest absolute Gasteiger partial charge is 0.337 e. The number of phenols is 2. The number of carboxylic acid groups (broad SMARTS) is 1. The topological polar surface area (TPSA) is 255 Å². The predicted molar refractivity (Wildman–Crippen MR) is 416 cm³/mol. The van der Waals surface area contributed by atoms with Crippen LogP contribution in [0.4, 0.5) is 0 Å². The van der Waals surface area contributed by atoms with Crippen molar-refractivity contribution < 1.29 is 53.7 Å². The van der Waals surface area contributed by atoms with Crippen LogP contribution >= 0.6 is 0 Å². The normalized spacial score (nSPS) is 19.5. The molecule has 109 heavy (non-hydrogen) atoms. The number of nitrogens with one attached hydrogen (secondary N) is 1. The van der Waals surface area contributed by atoms with Crippen LogP contribution in [-0.2, 0) is 81.6 Å². The molecule has 25 nitrogen and oxygen atoms in total. The van der Waals surface area contributed by atoms with Gasteiger partial charge in [-0.05, 0) is 83.6 Å². The standard InChI is InChI=1S/C42H49N7O5.C36H37N5O6.C6H14N2/c1-4-20-47-29-39(52)48-36(25-31-14-17-33(50)18-15-31)42(54)46(28-37(48)49(47)38(51)19-16-30-10-7-6-8-11-30)26-32-12-9-13-34-35(27-43(3)40(32)34)41(53)45-23-21-44(5-2)22-24-45;1-3-18-39-23-33(44)40-30(19-25-12-15-27(42)16-13-25)35(45)38(20-26-10-7-11-28-29(36(46)47)21-37(2)34(26)28)22-31(40)41(39)32(43)17-14-24-8-5-4-6-9-24;1-2-8-5-3-7-4-6-8/h4,6-15,17-18,27,36-37,50H,1,5,16,19-26,28-29H2,2-3H3;3-13,15-16,21,30-31,42H,1,14,17-20,22-23H2,2H3,(H,46,47);7H,2-6H2,1H3/t36-,37-;30-,31-;/m00./s1. The first kappa shape index (κ1) is 77.6. The zero-order valence-corrected chi connectivity index (χ0v) is 62.8. The van der Waals surface area contributed by atoms with Gasteiger partial charge in [-0.15, -0.1) is 13.2 Å². The number of aromatic carboxylic acids is 1. The molecular formula is C84H100N14O11. The van der Waals surface area contributed by atoms with Crippen molar-refractivity contribution in [2.24, 2.45) is 14.1 Å². The Bertz CT molecular complexity index is 4590. The number of hydrazine groups is 2. The third-order valence-electron chi connectivity index (χ3n) is 21.6. The zero-order valence-electron chi connectivity index (χ0n) is 62.8. The molecule has 0 radical (unpaired) electrons. The Labute approximate surface area is 636 Å². The Kier molecular flexibility index (Phi) is 25.2. The van der Waals surface area contributed by atoms with Crippen molar-refractivity contribution in [2.75, 3.05) is 105 Å². The van der Waals surface area contributed by atoms with Crippen molar-refractivity contribution in [1.82, 2.24) is 68.8 Å². The minimum Gasteiger partial charge on any atom is -0.508 e. The predicted octanol–water partition coefficient (Wildman–Crippen LogP) is 7.13. The average molecular weight is 1480 g/mol. The van der Waals surface area contributed by atoms with Crippen LogP contribution in [0.15, 0.2) is 183 Å². The molecule has 0 spiro atoms. The van der Waals surface area contributed by atoms with Crippen molar-refractivity contribution in [3.63, 3.8) is 0 Å². The lowest BCUT2D eigenvalue weighted by atomic mass is 9.97. The van der Waals surface area contributed by atoms with E-state index in [4.69, 9.17) is 0 Å². The Hall–Kier alpha value is -11.0. The number of carboxylic acids is 1. The van der Waals surface area contributed by atoms with Crippen molar-refractivity contribution >= 4 is 69.1 Å². The number of likely N-dealkylation sites (N-methyl/N-ethyl adjacent to an activating group) is 2. The number of aryl methyl sites for hydroxylation is 4. The number of amides is 7. The summed E-state index contributed by atoms with van der Waals surface area (Å²) in [7, 11) is 3.69. The highest BCUT2D eigenvalue weighted by Gasteiger charge is 2.53. The molecule has 0 bridgehead atoms. The van der Waals surface area contributed by atoms with Crippen LogP contribution in [0.25, 0.3) is 21.8 Å². The molecule has 6 aliphatic heterocycles. The second-order valence-electron chi connectivity index (χ2n) is 28.6. The number of fused-ring (bicyclic) bond motifs is 4. The van der Waals surface area contributed by atoms with E-state index >= 15 is 0 Å². The van der Waals surface area contributed by atoms with Crippen molar-refractivity contribution in [3.8, 4) is 11.5 Å². The van der Waals surface area contributed by atoms with Crippen LogP contribution in [-0.4, -0.2) is 255 Å². The third-order valence-corrected chi connectivity index (χ3v) is 21.6. The minimum atomic E-state index is -1.04. The number of piperazine rings is 4. The first-order valence-corrected chi connectivity index (χ1v) is 37.8. The summed E-state index contributed by atoms with van der Waals surface area (Å²) in [6, 6.07) is 42.1. The van der Waals surface area contributed by atoms with E-state index in [9.17, 15) is 53.7 Å². The minimum absolute atomic E-state index is 0.000148. The van der Waals surface area contributed by atoms with Gasteiger partial charge in [0.05, 0.1) is 48.3 Å². The summed E-state index contributed by atoms with van der Waals surface area (Å²) >= 11 is 0. The van der Waals surface area contributed by atoms with Gasteiger partial charge in [0.25, 0.3) is 5.91 Å². The quantitative estimate of drug-likeness (QED) is 0.0493. The molecule has 8 heterocycles. The highest BCUT2D eigenvalue weighted by atomic mass is 16.4. The lowest BCUT2D eigenvalue weighted by Gasteiger charge is -2.55. The summed E-state index contributed by atoms with van der Waals surface area (Å²) < 4.78 is 3.71. The Morgan fingerprint density at radius 2 is 0.917 bits per heavy atom. The Morgan fingerprint density at radius 3 is 1.32 bits per heavy atom. The number of rotatable bonds is 22. The van der Waals surface area contributed by atoms with Gasteiger partial charge in [0, 0.05) is 141 Å². The van der Waals surface area contributed by atoms with Crippen LogP contribution in [0, 0.1) is 0 Å². The van der Waals surface area contributed by atoms with E-state index in [-0.39, 0.29) is 136 Å². The van der Waals surface area contributed by atoms with Crippen LogP contribution < -0.4 is 5.32 Å². The molecule has 14 rings (SSSR count). The second kappa shape index (κ2) is 35.4. The fraction of sp³-hybridized carbons (Fsp3) is 0.381. The maximum Gasteiger partial charge on any atom is 0.337 e. The molecule has 25 heteroatoms. The first-order valence-electron chi connectivity index (χ1n) is 37.8. The summed E-state index contributed by atoms with van der Waals surface area (Å²) in [5.41, 5.74) is 7.55. The Balaban J connectivity index is 0.000000185. The lowest BCUT2D eigenvalue weighted by molar-refractivity contribution is -0.205. The molecule has 6 aromatic carbocycles. The average Bonchev–Trinajstić information content (AvgIpc) is 1.46. The summed E-state index contributed by atoms with van der Waals surface area (Å²) in [5.74, 6) is -2.18. The molecule has 0 unspecified atom stereocenters. The lowest BCUT2D eigenvalue weighted by Crippen LogP contribution is -2.75. The molecule has 8 aromatic rings. The van der Waals surface area contributed by atoms with Gasteiger partial charge >= 0.3 is 5.97 Å². The third kappa shape index (κ3) is 17.6. The van der Waals surface area contributed by atoms with E-state index in [1.807, 2.05) is 108 Å². The molecule has 4 N–H and O–H groups in total. The van der Waals surface area contributed by atoms with Crippen LogP contribution in [0.3, 0.4) is 0 Å². The van der Waals surface area contributed by atoms with E-state index < -0.39 is 30.4 Å². The van der Waals surface area contributed by atoms with Gasteiger partial charge in [0.2, 0.25) is 35.4 Å². The SMILES string of the molecule is C=CCN1CC(=O)N2[C@@H](Cc3ccc(O)cc3)C(=O)N(Cc3cccc4c(C(=O)N5CCN(CC)CC5)cn(C)c34)C[C@@H]2N1C(=O)CCc1ccccc1.C=CCN1CC(=O)N2[C@@H](Cc3ccc(O)cc3)C(=O)N(Cc3cccc4c(C(=O)O)cn(C)c34)C[C@@H]2N1C(=O)CCc1ccccc1.CCN1CCNCC1. The molecule has 6 fully saturated rings. The van der Waals surface area contributed by atoms with Crippen molar-refractivity contribution in [3.05, 3.63) is 228 Å². The summed E-state index contributed by atoms with van der Waals surface area (Å²) in [5, 5.41) is 41.1. The number of nitrogens with zero attached hydrogens (tertiary/aromatic N) is 13. The fourth-order valence-electron chi connectivity index (χ4n) is 16.1. The van der Waals surface area contributed by atoms with E-state index in [2.05, 4.69) is 42.1 Å². The number of para-hydroxylation sites is 2. The van der Waals surface area contributed by atoms with Gasteiger partial charge in [0.1, 0.15) is 35.9 Å². The van der Waals surface area contributed by atoms with E-state index in [0.717, 1.165) is 63.9 Å². The maximum atomic E-state index is 14.7. The number of aromatic nitrogens is 2. The number of hydrogen-bond donors (Lipinski definition) is 4. The largest absolute Gasteiger partial charge is 0.508 e. The summed E-state index contributed by atoms with van der Waals surface area (Å²) in [4.78, 5) is 124. The van der Waals surface area contributed by atoms with Gasteiger partial charge in [0.15, 0.2) is 0 Å². The van der Waals surface area contributed by atoms with Crippen LogP contribution in [0.5, 0.6) is 11.5 Å². The molecule has 2 aromatic heterocycles. The van der Waals surface area contributed by atoms with Gasteiger partial charge in [-0.25, -0.2) is 24.8 Å². The van der Waals surface area contributed by atoms with Crippen molar-refractivity contribution in [2.45, 2.75) is 89.9 Å².